The Morgan fingerprint density at radius 3 is 2.65 bits per heavy atom. The van der Waals surface area contributed by atoms with Gasteiger partial charge in [0.25, 0.3) is 0 Å². The van der Waals surface area contributed by atoms with Crippen molar-refractivity contribution in [2.45, 2.75) is 38.4 Å². The van der Waals surface area contributed by atoms with Crippen LogP contribution in [0.15, 0.2) is 24.3 Å². The van der Waals surface area contributed by atoms with Crippen LogP contribution in [0.4, 0.5) is 23.7 Å². The maximum Gasteiger partial charge on any atom is 0.416 e. The fourth-order valence-electron chi connectivity index (χ4n) is 2.46. The first-order valence-corrected chi connectivity index (χ1v) is 6.59. The summed E-state index contributed by atoms with van der Waals surface area (Å²) in [4.78, 5) is 11.7. The van der Waals surface area contributed by atoms with Crippen molar-refractivity contribution >= 4 is 11.7 Å². The molecule has 0 radical (unpaired) electrons. The van der Waals surface area contributed by atoms with E-state index < -0.39 is 17.8 Å². The van der Waals surface area contributed by atoms with Gasteiger partial charge in [-0.05, 0) is 43.4 Å². The van der Waals surface area contributed by atoms with Crippen LogP contribution in [0.5, 0.6) is 0 Å². The van der Waals surface area contributed by atoms with E-state index in [9.17, 15) is 18.0 Å². The molecule has 3 nitrogen and oxygen atoms in total. The van der Waals surface area contributed by atoms with Crippen LogP contribution in [0.2, 0.25) is 0 Å². The van der Waals surface area contributed by atoms with E-state index in [4.69, 9.17) is 0 Å². The quantitative estimate of drug-likeness (QED) is 0.847. The minimum Gasteiger partial charge on any atom is -0.335 e. The number of urea groups is 1. The van der Waals surface area contributed by atoms with E-state index >= 15 is 0 Å². The normalized spacial score (nSPS) is 22.6. The molecule has 0 saturated heterocycles. The van der Waals surface area contributed by atoms with Crippen molar-refractivity contribution in [2.24, 2.45) is 5.92 Å². The minimum absolute atomic E-state index is 0.107. The summed E-state index contributed by atoms with van der Waals surface area (Å²) in [5.41, 5.74) is -0.631. The van der Waals surface area contributed by atoms with Gasteiger partial charge in [-0.3, -0.25) is 0 Å². The van der Waals surface area contributed by atoms with Crippen LogP contribution in [0, 0.1) is 5.92 Å². The van der Waals surface area contributed by atoms with E-state index in [0.29, 0.717) is 5.92 Å². The molecule has 0 heterocycles. The van der Waals surface area contributed by atoms with Gasteiger partial charge in [0.2, 0.25) is 0 Å². The van der Waals surface area contributed by atoms with Gasteiger partial charge in [0.1, 0.15) is 0 Å². The monoisotopic (exact) mass is 286 g/mol. The van der Waals surface area contributed by atoms with Gasteiger partial charge >= 0.3 is 12.2 Å². The van der Waals surface area contributed by atoms with E-state index in [1.807, 2.05) is 0 Å². The number of nitrogens with one attached hydrogen (secondary N) is 2. The Bertz CT molecular complexity index is 488. The van der Waals surface area contributed by atoms with Crippen molar-refractivity contribution in [1.82, 2.24) is 5.32 Å². The lowest BCUT2D eigenvalue weighted by molar-refractivity contribution is -0.137. The first-order chi connectivity index (χ1) is 9.34. The van der Waals surface area contributed by atoms with Crippen molar-refractivity contribution in [3.63, 3.8) is 0 Å². The maximum atomic E-state index is 12.5. The number of carbonyl (C=O) groups excluding carboxylic acids is 1. The summed E-state index contributed by atoms with van der Waals surface area (Å²) in [6.45, 7) is 2.12. The van der Waals surface area contributed by atoms with Gasteiger partial charge in [-0.15, -0.1) is 0 Å². The van der Waals surface area contributed by atoms with E-state index in [1.165, 1.54) is 12.1 Å². The molecule has 1 aliphatic carbocycles. The zero-order valence-corrected chi connectivity index (χ0v) is 11.1. The molecule has 0 bridgehead atoms. The molecule has 6 heteroatoms. The molecule has 1 fully saturated rings. The molecule has 2 atom stereocenters. The SMILES string of the molecule is CC1CCC(NC(=O)Nc2cccc(C(F)(F)F)c2)C1. The molecule has 110 valence electrons. The molecule has 1 aromatic rings. The first kappa shape index (κ1) is 14.7. The number of amides is 2. The van der Waals surface area contributed by atoms with Crippen molar-refractivity contribution in [3.05, 3.63) is 29.8 Å². The van der Waals surface area contributed by atoms with Gasteiger partial charge in [0.15, 0.2) is 0 Å². The molecular formula is C14H17F3N2O. The largest absolute Gasteiger partial charge is 0.416 e. The molecule has 0 aromatic heterocycles. The highest BCUT2D eigenvalue weighted by atomic mass is 19.4. The van der Waals surface area contributed by atoms with Gasteiger partial charge < -0.3 is 10.6 Å². The third-order valence-electron chi connectivity index (χ3n) is 3.48. The molecule has 1 aliphatic rings. The zero-order chi connectivity index (χ0) is 14.8. The summed E-state index contributed by atoms with van der Waals surface area (Å²) in [7, 11) is 0. The number of alkyl halides is 3. The van der Waals surface area contributed by atoms with Crippen molar-refractivity contribution in [1.29, 1.82) is 0 Å². The van der Waals surface area contributed by atoms with Crippen LogP contribution in [-0.2, 0) is 6.18 Å². The fourth-order valence-corrected chi connectivity index (χ4v) is 2.46. The third kappa shape index (κ3) is 3.88. The molecule has 0 spiro atoms. The molecule has 2 rings (SSSR count). The van der Waals surface area contributed by atoms with Crippen LogP contribution >= 0.6 is 0 Å². The second-order valence-electron chi connectivity index (χ2n) is 5.29. The maximum absolute atomic E-state index is 12.5. The van der Waals surface area contributed by atoms with Crippen LogP contribution in [0.3, 0.4) is 0 Å². The van der Waals surface area contributed by atoms with Gasteiger partial charge in [0, 0.05) is 11.7 Å². The Labute approximate surface area is 115 Å². The zero-order valence-electron chi connectivity index (χ0n) is 11.1. The molecule has 20 heavy (non-hydrogen) atoms. The number of anilines is 1. The Balaban J connectivity index is 1.94. The van der Waals surface area contributed by atoms with Crippen LogP contribution < -0.4 is 10.6 Å². The summed E-state index contributed by atoms with van der Waals surface area (Å²) >= 11 is 0. The molecule has 1 saturated carbocycles. The Morgan fingerprint density at radius 1 is 1.30 bits per heavy atom. The predicted molar refractivity (Wildman–Crippen MR) is 70.4 cm³/mol. The number of hydrogen-bond acceptors (Lipinski definition) is 1. The molecule has 0 aliphatic heterocycles. The van der Waals surface area contributed by atoms with E-state index in [0.717, 1.165) is 31.4 Å². The Kier molecular flexibility index (Phi) is 4.20. The molecule has 2 N–H and O–H groups in total. The van der Waals surface area contributed by atoms with Crippen molar-refractivity contribution in [3.8, 4) is 0 Å². The van der Waals surface area contributed by atoms with Crippen LogP contribution in [0.1, 0.15) is 31.7 Å². The summed E-state index contributed by atoms with van der Waals surface area (Å²) in [6, 6.07) is 4.26. The molecule has 1 aromatic carbocycles. The van der Waals surface area contributed by atoms with Crippen LogP contribution in [-0.4, -0.2) is 12.1 Å². The smallest absolute Gasteiger partial charge is 0.335 e. The van der Waals surface area contributed by atoms with Gasteiger partial charge in [0.05, 0.1) is 5.56 Å². The standard InChI is InChI=1S/C14H17F3N2O/c1-9-5-6-12(7-9)19-13(20)18-11-4-2-3-10(8-11)14(15,16)17/h2-4,8-9,12H,5-7H2,1H3,(H2,18,19,20). The average Bonchev–Trinajstić information content (AvgIpc) is 2.73. The van der Waals surface area contributed by atoms with Crippen LogP contribution in [0.25, 0.3) is 0 Å². The molecule has 2 amide bonds. The second kappa shape index (κ2) is 5.73. The molecule has 2 unspecified atom stereocenters. The van der Waals surface area contributed by atoms with E-state index in [1.54, 1.807) is 0 Å². The van der Waals surface area contributed by atoms with E-state index in [2.05, 4.69) is 17.6 Å². The number of rotatable bonds is 2. The van der Waals surface area contributed by atoms with E-state index in [-0.39, 0.29) is 11.7 Å². The lowest BCUT2D eigenvalue weighted by Gasteiger charge is -2.14. The lowest BCUT2D eigenvalue weighted by atomic mass is 10.1. The number of carbonyl (C=O) groups is 1. The van der Waals surface area contributed by atoms with Crippen molar-refractivity contribution in [2.75, 3.05) is 5.32 Å². The highest BCUT2D eigenvalue weighted by molar-refractivity contribution is 5.89. The van der Waals surface area contributed by atoms with Gasteiger partial charge in [-0.25, -0.2) is 4.79 Å². The first-order valence-electron chi connectivity index (χ1n) is 6.59. The lowest BCUT2D eigenvalue weighted by Crippen LogP contribution is -2.36. The number of benzene rings is 1. The summed E-state index contributed by atoms with van der Waals surface area (Å²) < 4.78 is 37.6. The fraction of sp³-hybridized carbons (Fsp3) is 0.500. The highest BCUT2D eigenvalue weighted by Gasteiger charge is 2.30. The van der Waals surface area contributed by atoms with Gasteiger partial charge in [-0.2, -0.15) is 13.2 Å². The third-order valence-corrected chi connectivity index (χ3v) is 3.48. The highest BCUT2D eigenvalue weighted by Crippen LogP contribution is 2.30. The number of halogens is 3. The summed E-state index contributed by atoms with van der Waals surface area (Å²) in [6.07, 6.45) is -1.52. The second-order valence-corrected chi connectivity index (χ2v) is 5.29. The summed E-state index contributed by atoms with van der Waals surface area (Å²) in [5.74, 6) is 0.578. The predicted octanol–water partition coefficient (Wildman–Crippen LogP) is 4.02. The van der Waals surface area contributed by atoms with Gasteiger partial charge in [-0.1, -0.05) is 13.0 Å². The Morgan fingerprint density at radius 2 is 2.05 bits per heavy atom. The molecular weight excluding hydrogens is 269 g/mol. The van der Waals surface area contributed by atoms with Crippen molar-refractivity contribution < 1.29 is 18.0 Å². The average molecular weight is 286 g/mol. The topological polar surface area (TPSA) is 41.1 Å². The Hall–Kier alpha value is -1.72. The number of hydrogen-bond donors (Lipinski definition) is 2. The summed E-state index contributed by atoms with van der Waals surface area (Å²) in [5, 5.41) is 5.23. The minimum atomic E-state index is -4.41.